The minimum atomic E-state index is -4.46. The number of halogens is 3. The maximum atomic E-state index is 13.1. The lowest BCUT2D eigenvalue weighted by Gasteiger charge is -2.32. The molecule has 0 atom stereocenters. The summed E-state index contributed by atoms with van der Waals surface area (Å²) in [5.74, 6) is 1.27. The van der Waals surface area contributed by atoms with Gasteiger partial charge in [-0.05, 0) is 73.4 Å². The highest BCUT2D eigenvalue weighted by Crippen LogP contribution is 2.31. The van der Waals surface area contributed by atoms with Gasteiger partial charge >= 0.3 is 6.18 Å². The Labute approximate surface area is 245 Å². The number of likely N-dealkylation sites (tertiary alicyclic amines) is 1. The normalized spacial score (nSPS) is 14.2. The monoisotopic (exact) mass is 586 g/mol. The molecular formula is C31H29F3N8O. The number of carbonyl (C=O) groups excluding carboxylic acids is 1. The van der Waals surface area contributed by atoms with Gasteiger partial charge in [-0.15, -0.1) is 0 Å². The van der Waals surface area contributed by atoms with Gasteiger partial charge in [-0.1, -0.05) is 12.1 Å². The van der Waals surface area contributed by atoms with Gasteiger partial charge in [-0.25, -0.2) is 15.0 Å². The second-order valence-electron chi connectivity index (χ2n) is 10.7. The number of amides is 1. The quantitative estimate of drug-likeness (QED) is 0.210. The van der Waals surface area contributed by atoms with Crippen LogP contribution in [0.5, 0.6) is 0 Å². The lowest BCUT2D eigenvalue weighted by atomic mass is 10.0. The number of aryl methyl sites for hydroxylation is 1. The van der Waals surface area contributed by atoms with Crippen LogP contribution in [-0.4, -0.2) is 55.1 Å². The van der Waals surface area contributed by atoms with Crippen molar-refractivity contribution in [2.24, 2.45) is 0 Å². The van der Waals surface area contributed by atoms with Crippen LogP contribution in [0.1, 0.15) is 29.5 Å². The number of hydrogen-bond donors (Lipinski definition) is 3. The average Bonchev–Trinajstić information content (AvgIpc) is 3.45. The van der Waals surface area contributed by atoms with Gasteiger partial charge in [0.1, 0.15) is 17.5 Å². The highest BCUT2D eigenvalue weighted by molar-refractivity contribution is 5.83. The Hall–Kier alpha value is -5.00. The van der Waals surface area contributed by atoms with Crippen LogP contribution in [0, 0.1) is 6.92 Å². The SMILES string of the molecule is Cc1cc(Nc2cc(C(F)(F)F)ccn2)nc(-c2ccc(NC3CCN(C(=O)Cc4ccc5cn[nH]c5c4)CC3)nc2)c1. The van der Waals surface area contributed by atoms with Crippen LogP contribution in [0.3, 0.4) is 0 Å². The average molecular weight is 587 g/mol. The first kappa shape index (κ1) is 28.1. The van der Waals surface area contributed by atoms with E-state index in [0.29, 0.717) is 31.0 Å². The molecule has 1 aliphatic heterocycles. The predicted octanol–water partition coefficient (Wildman–Crippen LogP) is 6.13. The van der Waals surface area contributed by atoms with Crippen molar-refractivity contribution in [1.29, 1.82) is 0 Å². The number of nitrogens with one attached hydrogen (secondary N) is 3. The molecule has 0 aliphatic carbocycles. The van der Waals surface area contributed by atoms with Crippen LogP contribution in [0.15, 0.2) is 73.2 Å². The molecule has 0 radical (unpaired) electrons. The molecule has 1 fully saturated rings. The summed E-state index contributed by atoms with van der Waals surface area (Å²) < 4.78 is 39.3. The zero-order valence-corrected chi connectivity index (χ0v) is 23.3. The maximum Gasteiger partial charge on any atom is 0.416 e. The van der Waals surface area contributed by atoms with Gasteiger partial charge in [0, 0.05) is 42.5 Å². The summed E-state index contributed by atoms with van der Waals surface area (Å²) in [7, 11) is 0. The number of aromatic amines is 1. The summed E-state index contributed by atoms with van der Waals surface area (Å²) in [6, 6.07) is 15.4. The highest BCUT2D eigenvalue weighted by Gasteiger charge is 2.30. The fourth-order valence-electron chi connectivity index (χ4n) is 5.18. The highest BCUT2D eigenvalue weighted by atomic mass is 19.4. The third kappa shape index (κ3) is 6.74. The van der Waals surface area contributed by atoms with Gasteiger partial charge in [0.05, 0.1) is 29.4 Å². The minimum absolute atomic E-state index is 0.0555. The molecule has 5 heterocycles. The van der Waals surface area contributed by atoms with E-state index in [9.17, 15) is 18.0 Å². The molecule has 3 N–H and O–H groups in total. The van der Waals surface area contributed by atoms with Crippen LogP contribution in [0.4, 0.5) is 30.6 Å². The number of pyridine rings is 3. The zero-order chi connectivity index (χ0) is 30.0. The lowest BCUT2D eigenvalue weighted by molar-refractivity contribution is -0.137. The number of hydrogen-bond acceptors (Lipinski definition) is 7. The van der Waals surface area contributed by atoms with Crippen molar-refractivity contribution in [2.75, 3.05) is 23.7 Å². The Kier molecular flexibility index (Phi) is 7.66. The lowest BCUT2D eigenvalue weighted by Crippen LogP contribution is -2.43. The first-order valence-electron chi connectivity index (χ1n) is 13.9. The topological polar surface area (TPSA) is 112 Å². The molecule has 220 valence electrons. The third-order valence-corrected chi connectivity index (χ3v) is 7.43. The van der Waals surface area contributed by atoms with E-state index in [1.165, 1.54) is 0 Å². The summed E-state index contributed by atoms with van der Waals surface area (Å²) in [6.45, 7) is 3.23. The van der Waals surface area contributed by atoms with Crippen molar-refractivity contribution in [3.63, 3.8) is 0 Å². The number of rotatable bonds is 7. The molecule has 1 aromatic carbocycles. The van der Waals surface area contributed by atoms with Crippen LogP contribution in [0.25, 0.3) is 22.2 Å². The molecule has 12 heteroatoms. The van der Waals surface area contributed by atoms with Crippen LogP contribution >= 0.6 is 0 Å². The molecule has 0 saturated carbocycles. The van der Waals surface area contributed by atoms with Gasteiger partial charge in [-0.2, -0.15) is 18.3 Å². The molecule has 1 aliphatic rings. The van der Waals surface area contributed by atoms with E-state index in [1.807, 2.05) is 48.2 Å². The number of benzene rings is 1. The smallest absolute Gasteiger partial charge is 0.367 e. The molecule has 0 spiro atoms. The molecule has 5 aromatic rings. The van der Waals surface area contributed by atoms with Crippen molar-refractivity contribution < 1.29 is 18.0 Å². The Morgan fingerprint density at radius 3 is 2.58 bits per heavy atom. The number of fused-ring (bicyclic) bond motifs is 1. The van der Waals surface area contributed by atoms with E-state index in [2.05, 4.69) is 35.8 Å². The Balaban J connectivity index is 1.04. The van der Waals surface area contributed by atoms with Gasteiger partial charge in [0.15, 0.2) is 0 Å². The fourth-order valence-corrected chi connectivity index (χ4v) is 5.18. The minimum Gasteiger partial charge on any atom is -0.367 e. The van der Waals surface area contributed by atoms with Crippen LogP contribution in [-0.2, 0) is 17.4 Å². The maximum absolute atomic E-state index is 13.1. The number of alkyl halides is 3. The first-order chi connectivity index (χ1) is 20.7. The Morgan fingerprint density at radius 2 is 1.81 bits per heavy atom. The van der Waals surface area contributed by atoms with E-state index in [0.717, 1.165) is 64.6 Å². The van der Waals surface area contributed by atoms with Crippen LogP contribution < -0.4 is 10.6 Å². The molecule has 1 saturated heterocycles. The van der Waals surface area contributed by atoms with Crippen molar-refractivity contribution >= 4 is 34.3 Å². The predicted molar refractivity (Wildman–Crippen MR) is 158 cm³/mol. The first-order valence-corrected chi connectivity index (χ1v) is 13.9. The second-order valence-corrected chi connectivity index (χ2v) is 10.7. The largest absolute Gasteiger partial charge is 0.416 e. The summed E-state index contributed by atoms with van der Waals surface area (Å²) in [5.41, 5.74) is 3.38. The van der Waals surface area contributed by atoms with Crippen molar-refractivity contribution in [1.82, 2.24) is 30.0 Å². The van der Waals surface area contributed by atoms with Crippen molar-refractivity contribution in [3.8, 4) is 11.3 Å². The number of nitrogens with zero attached hydrogens (tertiary/aromatic N) is 5. The second kappa shape index (κ2) is 11.7. The van der Waals surface area contributed by atoms with Crippen LogP contribution in [0.2, 0.25) is 0 Å². The number of aromatic nitrogens is 5. The molecule has 0 bridgehead atoms. The van der Waals surface area contributed by atoms with Gasteiger partial charge in [-0.3, -0.25) is 9.89 Å². The fraction of sp³-hybridized carbons (Fsp3) is 0.258. The number of carbonyl (C=O) groups is 1. The number of piperidine rings is 1. The van der Waals surface area contributed by atoms with E-state index in [-0.39, 0.29) is 17.8 Å². The van der Waals surface area contributed by atoms with Crippen molar-refractivity contribution in [3.05, 3.63) is 89.9 Å². The molecule has 43 heavy (non-hydrogen) atoms. The molecule has 4 aromatic heterocycles. The summed E-state index contributed by atoms with van der Waals surface area (Å²) in [6.07, 6.45) is 2.11. The molecule has 1 amide bonds. The number of H-pyrrole nitrogens is 1. The molecular weight excluding hydrogens is 557 g/mol. The van der Waals surface area contributed by atoms with E-state index in [1.54, 1.807) is 18.5 Å². The van der Waals surface area contributed by atoms with E-state index >= 15 is 0 Å². The summed E-state index contributed by atoms with van der Waals surface area (Å²) >= 11 is 0. The van der Waals surface area contributed by atoms with Gasteiger partial charge in [0.2, 0.25) is 5.91 Å². The van der Waals surface area contributed by atoms with Gasteiger partial charge in [0.25, 0.3) is 0 Å². The van der Waals surface area contributed by atoms with Crippen molar-refractivity contribution in [2.45, 2.75) is 38.4 Å². The Morgan fingerprint density at radius 1 is 0.977 bits per heavy atom. The zero-order valence-electron chi connectivity index (χ0n) is 23.3. The molecule has 0 unspecified atom stereocenters. The van der Waals surface area contributed by atoms with E-state index in [4.69, 9.17) is 0 Å². The summed E-state index contributed by atoms with van der Waals surface area (Å²) in [4.78, 5) is 27.9. The molecule has 6 rings (SSSR count). The standard InChI is InChI=1S/C31H29F3N8O/c1-19-12-25(39-29(13-19)40-28-16-23(6-9-35-28)31(32,33)34)21-4-5-27(36-17-21)38-24-7-10-42(11-8-24)30(43)15-20-2-3-22-18-37-41-26(22)14-20/h2-6,9,12-14,16-18,24H,7-8,10-11,15H2,1H3,(H,36,38)(H,37,41)(H,35,39,40). The third-order valence-electron chi connectivity index (χ3n) is 7.43. The van der Waals surface area contributed by atoms with E-state index < -0.39 is 11.7 Å². The number of anilines is 3. The van der Waals surface area contributed by atoms with Gasteiger partial charge < -0.3 is 15.5 Å². The molecule has 9 nitrogen and oxygen atoms in total. The Bertz CT molecular complexity index is 1740. The summed E-state index contributed by atoms with van der Waals surface area (Å²) in [5, 5.41) is 14.3.